The third-order valence-electron chi connectivity index (χ3n) is 7.79. The fraction of sp³-hybridized carbons (Fsp3) is 0.957. The van der Waals surface area contributed by atoms with Crippen LogP contribution in [0.15, 0.2) is 0 Å². The first kappa shape index (κ1) is 26.8. The van der Waals surface area contributed by atoms with Crippen LogP contribution in [0.5, 0.6) is 0 Å². The molecule has 5 heterocycles. The van der Waals surface area contributed by atoms with E-state index >= 15 is 0 Å². The van der Waals surface area contributed by atoms with Gasteiger partial charge >= 0.3 is 0 Å². The molecule has 0 aliphatic carbocycles. The molecule has 0 aromatic heterocycles. The number of carbonyl (C=O) groups excluding carboxylic acids is 1. The summed E-state index contributed by atoms with van der Waals surface area (Å²) < 4.78 is 24.0. The predicted molar refractivity (Wildman–Crippen MR) is 145 cm³/mol. The van der Waals surface area contributed by atoms with Gasteiger partial charge in [0.15, 0.2) is 5.79 Å². The second kappa shape index (κ2) is 11.9. The first-order chi connectivity index (χ1) is 16.6. The van der Waals surface area contributed by atoms with Gasteiger partial charge in [-0.05, 0) is 17.9 Å². The van der Waals surface area contributed by atoms with E-state index in [0.717, 1.165) is 47.4 Å². The number of rotatable bonds is 7. The summed E-state index contributed by atoms with van der Waals surface area (Å²) >= 11 is 9.62. The molecule has 5 rings (SSSR count). The van der Waals surface area contributed by atoms with Crippen molar-refractivity contribution in [2.75, 3.05) is 73.1 Å². The summed E-state index contributed by atoms with van der Waals surface area (Å²) in [6, 6.07) is 0. The van der Waals surface area contributed by atoms with Gasteiger partial charge in [-0.3, -0.25) is 4.79 Å². The van der Waals surface area contributed by atoms with Crippen LogP contribution < -0.4 is 0 Å². The quantitative estimate of drug-likeness (QED) is 0.460. The summed E-state index contributed by atoms with van der Waals surface area (Å²) in [7, 11) is 1.62. The van der Waals surface area contributed by atoms with Gasteiger partial charge < -0.3 is 24.1 Å². The Morgan fingerprint density at radius 1 is 0.941 bits per heavy atom. The summed E-state index contributed by atoms with van der Waals surface area (Å²) in [5.41, 5.74) is 0. The third-order valence-corrected chi connectivity index (χ3v) is 14.9. The van der Waals surface area contributed by atoms with Crippen LogP contribution in [0.2, 0.25) is 0 Å². The van der Waals surface area contributed by atoms with E-state index in [4.69, 9.17) is 18.9 Å². The van der Waals surface area contributed by atoms with Crippen molar-refractivity contribution in [2.24, 2.45) is 23.7 Å². The van der Waals surface area contributed by atoms with Crippen molar-refractivity contribution >= 4 is 64.6 Å². The zero-order valence-electron chi connectivity index (χ0n) is 19.7. The lowest BCUT2D eigenvalue weighted by Crippen LogP contribution is -2.57. The Labute approximate surface area is 224 Å². The van der Waals surface area contributed by atoms with Gasteiger partial charge in [-0.2, -0.15) is 35.3 Å². The second-order valence-corrected chi connectivity index (χ2v) is 16.0. The van der Waals surface area contributed by atoms with Crippen LogP contribution in [0.1, 0.15) is 12.8 Å². The van der Waals surface area contributed by atoms with E-state index in [2.05, 4.69) is 0 Å². The van der Waals surface area contributed by atoms with Crippen LogP contribution in [0.3, 0.4) is 0 Å². The van der Waals surface area contributed by atoms with Crippen molar-refractivity contribution in [3.63, 3.8) is 0 Å². The van der Waals surface area contributed by atoms with Crippen molar-refractivity contribution < 1.29 is 28.8 Å². The number of ketones is 1. The average molecular weight is 569 g/mol. The van der Waals surface area contributed by atoms with Crippen molar-refractivity contribution in [1.82, 2.24) is 0 Å². The molecule has 0 aromatic carbocycles. The molecule has 6 atom stereocenters. The maximum Gasteiger partial charge on any atom is 0.175 e. The normalized spacial score (nSPS) is 37.3. The van der Waals surface area contributed by atoms with Gasteiger partial charge in [0.1, 0.15) is 12.6 Å². The SMILES string of the molecule is COCO[C@H]([C@H]1CSC[C@H]([C@@H](O)[C@H]2CSCCC23SCCS3)C1=O)[C@@H]1CSCCC12OCCO2. The van der Waals surface area contributed by atoms with E-state index < -0.39 is 11.9 Å². The summed E-state index contributed by atoms with van der Waals surface area (Å²) in [4.78, 5) is 14.1. The monoisotopic (exact) mass is 568 g/mol. The Balaban J connectivity index is 1.37. The number of ether oxygens (including phenoxy) is 4. The molecule has 5 aliphatic heterocycles. The van der Waals surface area contributed by atoms with E-state index in [1.54, 1.807) is 18.9 Å². The zero-order valence-corrected chi connectivity index (χ0v) is 23.8. The van der Waals surface area contributed by atoms with Gasteiger partial charge in [0, 0.05) is 59.9 Å². The maximum absolute atomic E-state index is 14.1. The van der Waals surface area contributed by atoms with Crippen LogP contribution in [-0.4, -0.2) is 106 Å². The van der Waals surface area contributed by atoms with Crippen LogP contribution in [0, 0.1) is 23.7 Å². The number of Topliss-reactive ketones (excluding diaryl/α,β-unsaturated/α-hetero) is 1. The van der Waals surface area contributed by atoms with Crippen LogP contribution >= 0.6 is 58.8 Å². The lowest BCUT2D eigenvalue weighted by Gasteiger charge is -2.47. The Kier molecular flexibility index (Phi) is 9.42. The topological polar surface area (TPSA) is 74.2 Å². The van der Waals surface area contributed by atoms with E-state index in [1.165, 1.54) is 0 Å². The van der Waals surface area contributed by atoms with Crippen molar-refractivity contribution in [3.05, 3.63) is 0 Å². The van der Waals surface area contributed by atoms with Gasteiger partial charge in [-0.15, -0.1) is 23.5 Å². The number of thioether (sulfide) groups is 5. The summed E-state index contributed by atoms with van der Waals surface area (Å²) in [5, 5.41) is 11.7. The number of aliphatic hydroxyl groups is 1. The van der Waals surface area contributed by atoms with Gasteiger partial charge in [-0.25, -0.2) is 0 Å². The molecule has 0 radical (unpaired) electrons. The molecule has 0 amide bonds. The van der Waals surface area contributed by atoms with Crippen LogP contribution in [0.25, 0.3) is 0 Å². The second-order valence-electron chi connectivity index (χ2n) is 9.56. The van der Waals surface area contributed by atoms with Crippen LogP contribution in [0.4, 0.5) is 0 Å². The van der Waals surface area contributed by atoms with E-state index in [-0.39, 0.29) is 46.4 Å². The minimum absolute atomic E-state index is 0.0353. The number of methoxy groups -OCH3 is 1. The fourth-order valence-corrected chi connectivity index (χ4v) is 14.1. The Hall–Kier alpha value is 1.22. The maximum atomic E-state index is 14.1. The fourth-order valence-electron chi connectivity index (χ4n) is 6.06. The molecule has 0 unspecified atom stereocenters. The Morgan fingerprint density at radius 2 is 1.62 bits per heavy atom. The molecule has 6 nitrogen and oxygen atoms in total. The molecule has 34 heavy (non-hydrogen) atoms. The Morgan fingerprint density at radius 3 is 2.35 bits per heavy atom. The molecule has 194 valence electrons. The lowest BCUT2D eigenvalue weighted by atomic mass is 9.77. The van der Waals surface area contributed by atoms with Gasteiger partial charge in [-0.1, -0.05) is 0 Å². The van der Waals surface area contributed by atoms with Gasteiger partial charge in [0.2, 0.25) is 0 Å². The first-order valence-corrected chi connectivity index (χ1v) is 17.7. The summed E-state index contributed by atoms with van der Waals surface area (Å²) in [5.74, 6) is 6.56. The van der Waals surface area contributed by atoms with E-state index in [1.807, 2.05) is 47.0 Å². The molecule has 0 saturated carbocycles. The van der Waals surface area contributed by atoms with E-state index in [0.29, 0.717) is 24.7 Å². The predicted octanol–water partition coefficient (Wildman–Crippen LogP) is 3.31. The summed E-state index contributed by atoms with van der Waals surface area (Å²) in [6.07, 6.45) is 0.976. The standard InChI is InChI=1S/C23H36O6S5/c1-26-14-27-21(18-13-30-6-2-22(18)28-4-5-29-22)16-11-32-10-15(19(16)24)20(25)17-12-31-7-3-23(17)33-8-9-34-23/h15-18,20-21,25H,2-14H2,1H3/t15-,16-,17+,18-,20+,21+/m0/s1. The molecule has 11 heteroatoms. The first-order valence-electron chi connectivity index (χ1n) is 12.2. The highest BCUT2D eigenvalue weighted by Crippen LogP contribution is 2.57. The van der Waals surface area contributed by atoms with Crippen LogP contribution in [-0.2, 0) is 23.7 Å². The zero-order chi connectivity index (χ0) is 23.6. The molecule has 0 aromatic rings. The number of hydrogen-bond donors (Lipinski definition) is 1. The lowest BCUT2D eigenvalue weighted by molar-refractivity contribution is -0.234. The molecule has 0 bridgehead atoms. The van der Waals surface area contributed by atoms with Crippen molar-refractivity contribution in [2.45, 2.75) is 34.9 Å². The largest absolute Gasteiger partial charge is 0.392 e. The van der Waals surface area contributed by atoms with Crippen molar-refractivity contribution in [1.29, 1.82) is 0 Å². The van der Waals surface area contributed by atoms with Crippen molar-refractivity contribution in [3.8, 4) is 0 Å². The summed E-state index contributed by atoms with van der Waals surface area (Å²) in [6.45, 7) is 1.31. The number of aliphatic hydroxyl groups excluding tert-OH is 1. The molecule has 5 aliphatic rings. The Bertz CT molecular complexity index is 701. The number of hydrogen-bond acceptors (Lipinski definition) is 11. The average Bonchev–Trinajstić information content (AvgIpc) is 3.52. The molecular weight excluding hydrogens is 533 g/mol. The molecular formula is C23H36O6S5. The highest BCUT2D eigenvalue weighted by molar-refractivity contribution is 8.21. The molecule has 5 fully saturated rings. The molecule has 2 spiro atoms. The smallest absolute Gasteiger partial charge is 0.175 e. The molecule has 5 saturated heterocycles. The highest BCUT2D eigenvalue weighted by Gasteiger charge is 2.56. The van der Waals surface area contributed by atoms with Gasteiger partial charge in [0.05, 0.1) is 41.3 Å². The minimum atomic E-state index is -0.665. The third kappa shape index (κ3) is 5.23. The number of carbonyl (C=O) groups is 1. The minimum Gasteiger partial charge on any atom is -0.392 e. The van der Waals surface area contributed by atoms with E-state index in [9.17, 15) is 9.90 Å². The molecule has 1 N–H and O–H groups in total. The van der Waals surface area contributed by atoms with Gasteiger partial charge in [0.25, 0.3) is 0 Å². The highest BCUT2D eigenvalue weighted by atomic mass is 32.2.